The zero-order chi connectivity index (χ0) is 13.0. The molecule has 0 heterocycles. The molecule has 0 atom stereocenters. The van der Waals surface area contributed by atoms with Gasteiger partial charge in [-0.15, -0.1) is 0 Å². The van der Waals surface area contributed by atoms with Crippen LogP contribution in [0.2, 0.25) is 0 Å². The summed E-state index contributed by atoms with van der Waals surface area (Å²) >= 11 is 0. The Kier molecular flexibility index (Phi) is 4.30. The van der Waals surface area contributed by atoms with E-state index in [1.807, 2.05) is 0 Å². The highest BCUT2D eigenvalue weighted by Gasteiger charge is 2.20. The van der Waals surface area contributed by atoms with Crippen LogP contribution < -0.4 is 10.5 Å². The molecular weight excluding hydrogens is 240 g/mol. The van der Waals surface area contributed by atoms with Crippen molar-refractivity contribution in [3.63, 3.8) is 0 Å². The fourth-order valence-electron chi connectivity index (χ4n) is 1.11. The zero-order valence-electron chi connectivity index (χ0n) is 8.70. The van der Waals surface area contributed by atoms with Crippen molar-refractivity contribution in [2.24, 2.45) is 5.73 Å². The van der Waals surface area contributed by atoms with E-state index in [0.717, 1.165) is 0 Å². The Bertz CT molecular complexity index is 411. The maximum absolute atomic E-state index is 13.1. The number of nitrogens with two attached hydrogens (primary N) is 1. The molecule has 0 saturated carbocycles. The van der Waals surface area contributed by atoms with E-state index >= 15 is 0 Å². The number of ether oxygens (including phenoxy) is 1. The second-order valence-electron chi connectivity index (χ2n) is 3.27. The van der Waals surface area contributed by atoms with E-state index in [2.05, 4.69) is 4.74 Å². The molecule has 0 bridgehead atoms. The van der Waals surface area contributed by atoms with Crippen LogP contribution in [0, 0.1) is 28.7 Å². The van der Waals surface area contributed by atoms with Crippen LogP contribution in [0.4, 0.5) is 17.6 Å². The lowest BCUT2D eigenvalue weighted by Crippen LogP contribution is -2.12. The molecule has 0 aliphatic rings. The van der Waals surface area contributed by atoms with Crippen molar-refractivity contribution in [1.29, 1.82) is 5.41 Å². The van der Waals surface area contributed by atoms with Crippen molar-refractivity contribution in [2.75, 3.05) is 6.61 Å². The van der Waals surface area contributed by atoms with Crippen molar-refractivity contribution < 1.29 is 22.3 Å². The van der Waals surface area contributed by atoms with Crippen molar-refractivity contribution in [3.8, 4) is 5.75 Å². The molecule has 0 amide bonds. The number of benzene rings is 1. The molecule has 0 aromatic heterocycles. The minimum Gasteiger partial charge on any atom is -0.487 e. The van der Waals surface area contributed by atoms with Gasteiger partial charge in [-0.25, -0.2) is 8.78 Å². The van der Waals surface area contributed by atoms with E-state index in [4.69, 9.17) is 11.1 Å². The maximum Gasteiger partial charge on any atom is 0.203 e. The Balaban J connectivity index is 2.73. The first-order chi connectivity index (χ1) is 7.93. The summed E-state index contributed by atoms with van der Waals surface area (Å²) in [6.07, 6.45) is 0.382. The largest absolute Gasteiger partial charge is 0.487 e. The van der Waals surface area contributed by atoms with Gasteiger partial charge in [-0.1, -0.05) is 0 Å². The number of halogens is 4. The molecule has 0 saturated heterocycles. The summed E-state index contributed by atoms with van der Waals surface area (Å²) in [6, 6.07) is 0.104. The molecule has 0 radical (unpaired) electrons. The van der Waals surface area contributed by atoms with Gasteiger partial charge in [-0.05, 0) is 6.42 Å². The topological polar surface area (TPSA) is 59.1 Å². The van der Waals surface area contributed by atoms with Gasteiger partial charge in [0.1, 0.15) is 0 Å². The van der Waals surface area contributed by atoms with Crippen molar-refractivity contribution in [3.05, 3.63) is 29.3 Å². The molecule has 1 aromatic rings. The molecule has 0 unspecified atom stereocenters. The number of hydrogen-bond donors (Lipinski definition) is 2. The number of nitrogens with one attached hydrogen (secondary N) is 1. The first-order valence-electron chi connectivity index (χ1n) is 4.72. The highest BCUT2D eigenvalue weighted by atomic mass is 19.2. The summed E-state index contributed by atoms with van der Waals surface area (Å²) in [7, 11) is 0. The third-order valence-corrected chi connectivity index (χ3v) is 1.91. The minimum absolute atomic E-state index is 0.104. The Hall–Kier alpha value is -1.79. The van der Waals surface area contributed by atoms with Crippen LogP contribution in [0.1, 0.15) is 12.8 Å². The van der Waals surface area contributed by atoms with Crippen LogP contribution in [0.25, 0.3) is 0 Å². The first kappa shape index (κ1) is 13.3. The summed E-state index contributed by atoms with van der Waals surface area (Å²) in [5.41, 5.74) is 5.04. The lowest BCUT2D eigenvalue weighted by Gasteiger charge is -2.08. The predicted molar refractivity (Wildman–Crippen MR) is 52.9 cm³/mol. The molecule has 1 rings (SSSR count). The highest BCUT2D eigenvalue weighted by molar-refractivity contribution is 5.76. The van der Waals surface area contributed by atoms with Crippen LogP contribution in [0.3, 0.4) is 0 Å². The molecule has 0 spiro atoms. The first-order valence-corrected chi connectivity index (χ1v) is 4.72. The van der Waals surface area contributed by atoms with Gasteiger partial charge in [-0.2, -0.15) is 8.78 Å². The van der Waals surface area contributed by atoms with Crippen LogP contribution in [-0.4, -0.2) is 12.4 Å². The maximum atomic E-state index is 13.1. The van der Waals surface area contributed by atoms with E-state index in [1.54, 1.807) is 0 Å². The molecule has 1 aromatic carbocycles. The summed E-state index contributed by atoms with van der Waals surface area (Å²) in [4.78, 5) is 0. The standard InChI is InChI=1S/C10H10F4N2O/c11-5-4-6(12)9(14)10(8(5)13)17-3-1-2-7(15)16/h4H,1-3H2,(H3,15,16). The number of amidine groups is 1. The van der Waals surface area contributed by atoms with Gasteiger partial charge >= 0.3 is 0 Å². The van der Waals surface area contributed by atoms with Crippen LogP contribution in [-0.2, 0) is 0 Å². The summed E-state index contributed by atoms with van der Waals surface area (Å²) in [5, 5.41) is 6.88. The summed E-state index contributed by atoms with van der Waals surface area (Å²) in [5.74, 6) is -7.40. The second-order valence-corrected chi connectivity index (χ2v) is 3.27. The Labute approximate surface area is 94.7 Å². The monoisotopic (exact) mass is 250 g/mol. The highest BCUT2D eigenvalue weighted by Crippen LogP contribution is 2.26. The van der Waals surface area contributed by atoms with E-state index in [9.17, 15) is 17.6 Å². The van der Waals surface area contributed by atoms with E-state index in [0.29, 0.717) is 0 Å². The summed E-state index contributed by atoms with van der Waals surface area (Å²) in [6.45, 7) is -0.198. The molecule has 0 fully saturated rings. The van der Waals surface area contributed by atoms with Crippen molar-refractivity contribution >= 4 is 5.84 Å². The van der Waals surface area contributed by atoms with Crippen LogP contribution in [0.15, 0.2) is 6.07 Å². The van der Waals surface area contributed by atoms with E-state index < -0.39 is 29.0 Å². The molecule has 3 N–H and O–H groups in total. The van der Waals surface area contributed by atoms with Crippen molar-refractivity contribution in [1.82, 2.24) is 0 Å². The normalized spacial score (nSPS) is 10.4. The lowest BCUT2D eigenvalue weighted by atomic mass is 10.3. The third kappa shape index (κ3) is 3.33. The molecule has 0 aliphatic carbocycles. The fraction of sp³-hybridized carbons (Fsp3) is 0.300. The average Bonchev–Trinajstić information content (AvgIpc) is 2.25. The minimum atomic E-state index is -1.58. The van der Waals surface area contributed by atoms with Gasteiger partial charge in [0.2, 0.25) is 11.6 Å². The SMILES string of the molecule is N=C(N)CCCOc1c(F)c(F)cc(F)c1F. The molecule has 94 valence electrons. The van der Waals surface area contributed by atoms with Crippen molar-refractivity contribution in [2.45, 2.75) is 12.8 Å². The van der Waals surface area contributed by atoms with Gasteiger partial charge < -0.3 is 10.5 Å². The van der Waals surface area contributed by atoms with E-state index in [1.165, 1.54) is 0 Å². The van der Waals surface area contributed by atoms with E-state index in [-0.39, 0.29) is 31.4 Å². The second kappa shape index (κ2) is 5.51. The summed E-state index contributed by atoms with van der Waals surface area (Å²) < 4.78 is 56.2. The smallest absolute Gasteiger partial charge is 0.203 e. The fourth-order valence-corrected chi connectivity index (χ4v) is 1.11. The lowest BCUT2D eigenvalue weighted by molar-refractivity contribution is 0.269. The zero-order valence-corrected chi connectivity index (χ0v) is 8.70. The molecule has 7 heteroatoms. The molecular formula is C10H10F4N2O. The molecule has 3 nitrogen and oxygen atoms in total. The predicted octanol–water partition coefficient (Wildman–Crippen LogP) is 2.34. The Morgan fingerprint density at radius 2 is 1.71 bits per heavy atom. The van der Waals surface area contributed by atoms with Gasteiger partial charge in [0.15, 0.2) is 17.4 Å². The third-order valence-electron chi connectivity index (χ3n) is 1.91. The van der Waals surface area contributed by atoms with Crippen LogP contribution in [0.5, 0.6) is 5.75 Å². The average molecular weight is 250 g/mol. The molecule has 0 aliphatic heterocycles. The number of hydrogen-bond acceptors (Lipinski definition) is 2. The van der Waals surface area contributed by atoms with Gasteiger partial charge in [0, 0.05) is 12.5 Å². The Morgan fingerprint density at radius 1 is 1.18 bits per heavy atom. The quantitative estimate of drug-likeness (QED) is 0.277. The van der Waals surface area contributed by atoms with Gasteiger partial charge in [0.05, 0.1) is 12.4 Å². The Morgan fingerprint density at radius 3 is 2.18 bits per heavy atom. The van der Waals surface area contributed by atoms with Crippen LogP contribution >= 0.6 is 0 Å². The number of rotatable bonds is 5. The van der Waals surface area contributed by atoms with Gasteiger partial charge in [0.25, 0.3) is 0 Å². The van der Waals surface area contributed by atoms with Gasteiger partial charge in [-0.3, -0.25) is 5.41 Å². The molecule has 17 heavy (non-hydrogen) atoms.